The molecule has 1 unspecified atom stereocenters. The van der Waals surface area contributed by atoms with Gasteiger partial charge in [-0.15, -0.1) is 5.10 Å². The molecule has 2 aliphatic rings. The summed E-state index contributed by atoms with van der Waals surface area (Å²) in [6.07, 6.45) is 4.11. The molecule has 1 N–H and O–H groups in total. The Morgan fingerprint density at radius 1 is 1.12 bits per heavy atom. The van der Waals surface area contributed by atoms with Crippen LogP contribution in [-0.2, 0) is 10.5 Å². The maximum Gasteiger partial charge on any atom is 0.227 e. The van der Waals surface area contributed by atoms with Crippen LogP contribution in [0, 0.1) is 0 Å². The van der Waals surface area contributed by atoms with Crippen molar-refractivity contribution in [2.24, 2.45) is 0 Å². The van der Waals surface area contributed by atoms with Gasteiger partial charge in [-0.3, -0.25) is 9.78 Å². The highest BCUT2D eigenvalue weighted by Gasteiger charge is 2.36. The normalized spacial score (nSPS) is 17.4. The Hall–Kier alpha value is -3.13. The average Bonchev–Trinajstić information content (AvgIpc) is 3.26. The zero-order valence-corrected chi connectivity index (χ0v) is 19.8. The fourth-order valence-electron chi connectivity index (χ4n) is 4.58. The molecule has 0 bridgehead atoms. The van der Waals surface area contributed by atoms with E-state index in [0.29, 0.717) is 23.3 Å². The molecular formula is C25H28N6OS. The molecule has 0 saturated heterocycles. The number of nitrogens with one attached hydrogen (secondary N) is 1. The second kappa shape index (κ2) is 9.39. The molecule has 1 atom stereocenters. The fraction of sp³-hybridized carbons (Fsp3) is 0.360. The second-order valence-electron chi connectivity index (χ2n) is 8.23. The van der Waals surface area contributed by atoms with E-state index in [9.17, 15) is 4.79 Å². The summed E-state index contributed by atoms with van der Waals surface area (Å²) in [7, 11) is 0. The molecular weight excluding hydrogens is 432 g/mol. The number of Topliss-reactive ketones (excluding diaryl/α,β-unsaturated/α-hetero) is 1. The van der Waals surface area contributed by atoms with Gasteiger partial charge in [0.1, 0.15) is 6.04 Å². The van der Waals surface area contributed by atoms with Crippen molar-refractivity contribution >= 4 is 29.2 Å². The number of rotatable bonds is 7. The van der Waals surface area contributed by atoms with Gasteiger partial charge in [-0.25, -0.2) is 4.68 Å². The number of nitrogens with zero attached hydrogens (tertiary/aromatic N) is 5. The molecule has 2 aromatic heterocycles. The average molecular weight is 461 g/mol. The van der Waals surface area contributed by atoms with Gasteiger partial charge in [-0.2, -0.15) is 4.98 Å². The minimum atomic E-state index is -0.258. The molecule has 170 valence electrons. The first kappa shape index (κ1) is 21.7. The maximum absolute atomic E-state index is 13.0. The van der Waals surface area contributed by atoms with Crippen LogP contribution in [0.25, 0.3) is 0 Å². The van der Waals surface area contributed by atoms with Crippen LogP contribution in [0.15, 0.2) is 65.1 Å². The molecule has 0 amide bonds. The predicted octanol–water partition coefficient (Wildman–Crippen LogP) is 4.83. The van der Waals surface area contributed by atoms with E-state index in [0.717, 1.165) is 48.5 Å². The monoisotopic (exact) mass is 460 g/mol. The third-order valence-corrected chi connectivity index (χ3v) is 7.13. The summed E-state index contributed by atoms with van der Waals surface area (Å²) in [4.78, 5) is 24.5. The van der Waals surface area contributed by atoms with Crippen LogP contribution in [0.4, 0.5) is 11.6 Å². The summed E-state index contributed by atoms with van der Waals surface area (Å²) < 4.78 is 1.88. The van der Waals surface area contributed by atoms with E-state index in [1.165, 1.54) is 5.69 Å². The van der Waals surface area contributed by atoms with E-state index in [-0.39, 0.29) is 11.8 Å². The van der Waals surface area contributed by atoms with Gasteiger partial charge in [-0.1, -0.05) is 30.0 Å². The standard InChI is InChI=1S/C25H28N6OS/c1-3-30(4-2)19-13-11-17(12-14-19)23-22-20(9-7-10-21(22)32)27-24-28-25(29-31(23)24)33-16-18-8-5-6-15-26-18/h5-6,8,11-15,23H,3-4,7,9-10,16H2,1-2H3,(H,27,28,29). The van der Waals surface area contributed by atoms with Gasteiger partial charge in [0.05, 0.1) is 5.69 Å². The number of carbonyl (C=O) groups excluding carboxylic acids is 1. The lowest BCUT2D eigenvalue weighted by molar-refractivity contribution is -0.116. The first-order chi connectivity index (χ1) is 16.2. The summed E-state index contributed by atoms with van der Waals surface area (Å²) in [6.45, 7) is 6.24. The number of fused-ring (bicyclic) bond motifs is 1. The van der Waals surface area contributed by atoms with Crippen molar-refractivity contribution in [1.82, 2.24) is 19.7 Å². The van der Waals surface area contributed by atoms with Gasteiger partial charge < -0.3 is 10.2 Å². The van der Waals surface area contributed by atoms with Crippen LogP contribution in [0.1, 0.15) is 50.4 Å². The summed E-state index contributed by atoms with van der Waals surface area (Å²) in [5.74, 6) is 1.59. The van der Waals surface area contributed by atoms with Gasteiger partial charge in [0.2, 0.25) is 11.1 Å². The van der Waals surface area contributed by atoms with Crippen molar-refractivity contribution in [2.75, 3.05) is 23.3 Å². The topological polar surface area (TPSA) is 75.9 Å². The lowest BCUT2D eigenvalue weighted by atomic mass is 9.85. The molecule has 7 nitrogen and oxygen atoms in total. The number of carbonyl (C=O) groups is 1. The molecule has 8 heteroatoms. The van der Waals surface area contributed by atoms with Crippen molar-refractivity contribution in [2.45, 2.75) is 50.1 Å². The van der Waals surface area contributed by atoms with E-state index >= 15 is 0 Å². The number of thioether (sulfide) groups is 1. The Balaban J connectivity index is 1.49. The highest BCUT2D eigenvalue weighted by molar-refractivity contribution is 7.98. The van der Waals surface area contributed by atoms with Crippen molar-refractivity contribution in [3.05, 3.63) is 71.2 Å². The summed E-state index contributed by atoms with van der Waals surface area (Å²) in [6, 6.07) is 14.2. The van der Waals surface area contributed by atoms with Crippen LogP contribution < -0.4 is 10.2 Å². The van der Waals surface area contributed by atoms with Crippen LogP contribution in [0.2, 0.25) is 0 Å². The van der Waals surface area contributed by atoms with Gasteiger partial charge in [0.15, 0.2) is 5.78 Å². The smallest absolute Gasteiger partial charge is 0.227 e. The van der Waals surface area contributed by atoms with Crippen LogP contribution in [0.5, 0.6) is 0 Å². The third kappa shape index (κ3) is 4.27. The number of hydrogen-bond acceptors (Lipinski definition) is 7. The molecule has 3 heterocycles. The number of hydrogen-bond donors (Lipinski definition) is 1. The molecule has 33 heavy (non-hydrogen) atoms. The lowest BCUT2D eigenvalue weighted by Gasteiger charge is -2.32. The Labute approximate surface area is 198 Å². The SMILES string of the molecule is CCN(CC)c1ccc(C2C3=C(CCCC3=O)Nc3nc(SCc4ccccn4)nn32)cc1. The summed E-state index contributed by atoms with van der Waals surface area (Å²) in [5.41, 5.74) is 5.05. The first-order valence-corrected chi connectivity index (χ1v) is 12.5. The van der Waals surface area contributed by atoms with E-state index in [2.05, 4.69) is 53.3 Å². The molecule has 0 fully saturated rings. The quantitative estimate of drug-likeness (QED) is 0.506. The van der Waals surface area contributed by atoms with E-state index in [1.54, 1.807) is 18.0 Å². The number of allylic oxidation sites excluding steroid dienone is 2. The van der Waals surface area contributed by atoms with Crippen molar-refractivity contribution in [3.63, 3.8) is 0 Å². The number of benzene rings is 1. The minimum absolute atomic E-state index is 0.199. The third-order valence-electron chi connectivity index (χ3n) is 6.26. The second-order valence-corrected chi connectivity index (χ2v) is 9.18. The van der Waals surface area contributed by atoms with Crippen molar-refractivity contribution in [1.29, 1.82) is 0 Å². The minimum Gasteiger partial charge on any atom is -0.372 e. The molecule has 0 saturated carbocycles. The maximum atomic E-state index is 13.0. The van der Waals surface area contributed by atoms with E-state index in [4.69, 9.17) is 10.1 Å². The van der Waals surface area contributed by atoms with Crippen LogP contribution in [0.3, 0.4) is 0 Å². The van der Waals surface area contributed by atoms with E-state index in [1.807, 2.05) is 22.9 Å². The zero-order chi connectivity index (χ0) is 22.8. The van der Waals surface area contributed by atoms with Crippen molar-refractivity contribution < 1.29 is 4.79 Å². The van der Waals surface area contributed by atoms with Gasteiger partial charge >= 0.3 is 0 Å². The molecule has 0 spiro atoms. The number of aromatic nitrogens is 4. The predicted molar refractivity (Wildman–Crippen MR) is 131 cm³/mol. The summed E-state index contributed by atoms with van der Waals surface area (Å²) >= 11 is 1.55. The Morgan fingerprint density at radius 2 is 1.94 bits per heavy atom. The molecule has 1 aliphatic carbocycles. The highest BCUT2D eigenvalue weighted by Crippen LogP contribution is 2.41. The Bertz CT molecular complexity index is 1170. The molecule has 1 aliphatic heterocycles. The van der Waals surface area contributed by atoms with Crippen molar-refractivity contribution in [3.8, 4) is 0 Å². The van der Waals surface area contributed by atoms with Gasteiger partial charge in [0, 0.05) is 48.4 Å². The lowest BCUT2D eigenvalue weighted by Crippen LogP contribution is -2.31. The fourth-order valence-corrected chi connectivity index (χ4v) is 5.33. The number of pyridine rings is 1. The highest BCUT2D eigenvalue weighted by atomic mass is 32.2. The van der Waals surface area contributed by atoms with Gasteiger partial charge in [-0.05, 0) is 56.5 Å². The van der Waals surface area contributed by atoms with Gasteiger partial charge in [0.25, 0.3) is 0 Å². The molecule has 0 radical (unpaired) electrons. The molecule has 5 rings (SSSR count). The first-order valence-electron chi connectivity index (χ1n) is 11.5. The molecule has 1 aromatic carbocycles. The number of anilines is 2. The van der Waals surface area contributed by atoms with Crippen LogP contribution in [-0.4, -0.2) is 38.6 Å². The Morgan fingerprint density at radius 3 is 2.67 bits per heavy atom. The zero-order valence-electron chi connectivity index (χ0n) is 19.0. The Kier molecular flexibility index (Phi) is 6.17. The van der Waals surface area contributed by atoms with Crippen LogP contribution >= 0.6 is 11.8 Å². The summed E-state index contributed by atoms with van der Waals surface area (Å²) in [5, 5.41) is 8.91. The van der Waals surface area contributed by atoms with E-state index < -0.39 is 0 Å². The molecule has 3 aromatic rings. The largest absolute Gasteiger partial charge is 0.372 e. The number of ketones is 1.